The minimum atomic E-state index is -0.773. The lowest BCUT2D eigenvalue weighted by Gasteiger charge is -2.05. The number of nitrogens with two attached hydrogens (primary N) is 1. The summed E-state index contributed by atoms with van der Waals surface area (Å²) >= 11 is 6.35. The summed E-state index contributed by atoms with van der Waals surface area (Å²) in [6.45, 7) is 0. The van der Waals surface area contributed by atoms with Gasteiger partial charge in [0.2, 0.25) is 11.5 Å². The van der Waals surface area contributed by atoms with E-state index in [0.717, 1.165) is 24.4 Å². The highest BCUT2D eigenvalue weighted by Gasteiger charge is 2.19. The number of aromatic nitrogens is 2. The van der Waals surface area contributed by atoms with Crippen LogP contribution >= 0.6 is 35.5 Å². The molecule has 0 saturated carbocycles. The van der Waals surface area contributed by atoms with Crippen molar-refractivity contribution in [2.45, 2.75) is 18.9 Å². The molecule has 2 N–H and O–H groups in total. The van der Waals surface area contributed by atoms with Crippen LogP contribution in [0.4, 0.5) is 5.13 Å². The molecule has 1 aromatic rings. The Hall–Kier alpha value is -1.18. The molecule has 0 bridgehead atoms. The van der Waals surface area contributed by atoms with Crippen molar-refractivity contribution in [3.8, 4) is 0 Å². The molecule has 18 heavy (non-hydrogen) atoms. The molecule has 98 valence electrons. The number of allylic oxidation sites excluding steroid dienone is 1. The Kier molecular flexibility index (Phi) is 5.52. The lowest BCUT2D eigenvalue weighted by atomic mass is 10.3. The first-order valence-corrected chi connectivity index (χ1v) is 6.02. The molecule has 1 atom stereocenters. The quantitative estimate of drug-likeness (QED) is 0.396. The van der Waals surface area contributed by atoms with Gasteiger partial charge in [0.15, 0.2) is 5.13 Å². The average molecular weight is 309 g/mol. The molecule has 0 saturated heterocycles. The SMILES string of the molecule is Cl.Nc1nc(C(=NOC2C=CCC2)C(=O)Cl)ns1. The molecular formula is C9H10Cl2N4O2S. The second-order valence-corrected chi connectivity index (χ2v) is 4.45. The first kappa shape index (κ1) is 14.9. The number of rotatable bonds is 4. The van der Waals surface area contributed by atoms with Crippen molar-refractivity contribution in [3.05, 3.63) is 18.0 Å². The van der Waals surface area contributed by atoms with Crippen LogP contribution in [-0.2, 0) is 9.63 Å². The number of hydrogen-bond acceptors (Lipinski definition) is 7. The van der Waals surface area contributed by atoms with Gasteiger partial charge in [0, 0.05) is 11.5 Å². The third-order valence-electron chi connectivity index (χ3n) is 2.09. The molecule has 6 nitrogen and oxygen atoms in total. The van der Waals surface area contributed by atoms with Crippen molar-refractivity contribution in [2.75, 3.05) is 5.73 Å². The van der Waals surface area contributed by atoms with Crippen LogP contribution < -0.4 is 5.73 Å². The van der Waals surface area contributed by atoms with Crippen LogP contribution in [0.3, 0.4) is 0 Å². The van der Waals surface area contributed by atoms with Crippen LogP contribution in [0.15, 0.2) is 17.3 Å². The van der Waals surface area contributed by atoms with E-state index in [1.54, 1.807) is 0 Å². The normalized spacial score (nSPS) is 18.5. The van der Waals surface area contributed by atoms with Crippen LogP contribution in [0.2, 0.25) is 0 Å². The first-order chi connectivity index (χ1) is 8.16. The lowest BCUT2D eigenvalue weighted by Crippen LogP contribution is -2.14. The van der Waals surface area contributed by atoms with Gasteiger partial charge in [-0.05, 0) is 30.5 Å². The van der Waals surface area contributed by atoms with E-state index in [-0.39, 0.29) is 35.2 Å². The molecule has 2 rings (SSSR count). The van der Waals surface area contributed by atoms with Gasteiger partial charge in [0.1, 0.15) is 6.10 Å². The number of anilines is 1. The van der Waals surface area contributed by atoms with Crippen molar-refractivity contribution in [1.82, 2.24) is 9.36 Å². The standard InChI is InChI=1S/C9H9ClN4O2S.ClH/c10-7(15)6(8-12-9(11)17-14-8)13-16-5-3-1-2-4-5;/h1,3,5H,2,4H2,(H2,11,12,14);1H. The van der Waals surface area contributed by atoms with Crippen molar-refractivity contribution in [1.29, 1.82) is 0 Å². The molecule has 0 aromatic carbocycles. The number of nitrogen functional groups attached to an aromatic ring is 1. The van der Waals surface area contributed by atoms with Gasteiger partial charge in [0.05, 0.1) is 0 Å². The lowest BCUT2D eigenvalue weighted by molar-refractivity contribution is -0.106. The van der Waals surface area contributed by atoms with Crippen LogP contribution in [0.1, 0.15) is 18.7 Å². The number of hydrogen-bond donors (Lipinski definition) is 1. The summed E-state index contributed by atoms with van der Waals surface area (Å²) in [5, 5.41) is 3.17. The largest absolute Gasteiger partial charge is 0.387 e. The van der Waals surface area contributed by atoms with E-state index in [9.17, 15) is 4.79 Å². The highest BCUT2D eigenvalue weighted by molar-refractivity contribution is 7.09. The maximum Gasteiger partial charge on any atom is 0.278 e. The monoisotopic (exact) mass is 308 g/mol. The van der Waals surface area contributed by atoms with E-state index in [2.05, 4.69) is 14.5 Å². The first-order valence-electron chi connectivity index (χ1n) is 4.86. The highest BCUT2D eigenvalue weighted by atomic mass is 35.5. The predicted octanol–water partition coefficient (Wildman–Crippen LogP) is 1.75. The second-order valence-electron chi connectivity index (χ2n) is 3.32. The van der Waals surface area contributed by atoms with Gasteiger partial charge in [-0.3, -0.25) is 4.79 Å². The van der Waals surface area contributed by atoms with Crippen LogP contribution in [0.25, 0.3) is 0 Å². The minimum absolute atomic E-state index is 0. The second kappa shape index (κ2) is 6.67. The summed E-state index contributed by atoms with van der Waals surface area (Å²) in [6.07, 6.45) is 5.51. The molecule has 0 radical (unpaired) electrons. The number of nitrogens with zero attached hydrogens (tertiary/aromatic N) is 3. The number of carbonyl (C=O) groups is 1. The minimum Gasteiger partial charge on any atom is -0.387 e. The maximum absolute atomic E-state index is 11.2. The number of oxime groups is 1. The van der Waals surface area contributed by atoms with Crippen molar-refractivity contribution >= 4 is 51.6 Å². The van der Waals surface area contributed by atoms with E-state index >= 15 is 0 Å². The summed E-state index contributed by atoms with van der Waals surface area (Å²) in [7, 11) is 0. The Labute approximate surface area is 118 Å². The van der Waals surface area contributed by atoms with Crippen molar-refractivity contribution in [2.24, 2.45) is 5.16 Å². The van der Waals surface area contributed by atoms with E-state index in [0.29, 0.717) is 0 Å². The zero-order chi connectivity index (χ0) is 12.3. The molecule has 1 unspecified atom stereocenters. The van der Waals surface area contributed by atoms with Gasteiger partial charge in [-0.1, -0.05) is 11.2 Å². The molecular weight excluding hydrogens is 299 g/mol. The Morgan fingerprint density at radius 1 is 1.67 bits per heavy atom. The fourth-order valence-electron chi connectivity index (χ4n) is 1.31. The third kappa shape index (κ3) is 3.66. The molecule has 1 aliphatic rings. The molecule has 9 heteroatoms. The Bertz CT molecular complexity index is 489. The summed E-state index contributed by atoms with van der Waals surface area (Å²) in [5.74, 6) is 0.0921. The summed E-state index contributed by atoms with van der Waals surface area (Å²) in [5.41, 5.74) is 5.29. The average Bonchev–Trinajstić information content (AvgIpc) is 2.90. The van der Waals surface area contributed by atoms with Gasteiger partial charge in [-0.2, -0.15) is 9.36 Å². The Balaban J connectivity index is 0.00000162. The molecule has 0 spiro atoms. The van der Waals surface area contributed by atoms with E-state index in [1.807, 2.05) is 12.2 Å². The van der Waals surface area contributed by atoms with E-state index in [4.69, 9.17) is 22.2 Å². The Morgan fingerprint density at radius 3 is 2.94 bits per heavy atom. The van der Waals surface area contributed by atoms with Gasteiger partial charge in [-0.25, -0.2) is 0 Å². The van der Waals surface area contributed by atoms with Gasteiger partial charge < -0.3 is 10.6 Å². The van der Waals surface area contributed by atoms with E-state index < -0.39 is 5.24 Å². The molecule has 1 heterocycles. The van der Waals surface area contributed by atoms with E-state index in [1.165, 1.54) is 0 Å². The Morgan fingerprint density at radius 2 is 2.44 bits per heavy atom. The molecule has 0 fully saturated rings. The highest BCUT2D eigenvalue weighted by Crippen LogP contribution is 2.14. The topological polar surface area (TPSA) is 90.5 Å². The molecule has 1 aromatic heterocycles. The van der Waals surface area contributed by atoms with Crippen molar-refractivity contribution < 1.29 is 9.63 Å². The molecule has 1 aliphatic carbocycles. The summed E-state index contributed by atoms with van der Waals surface area (Å²) in [6, 6.07) is 0. The van der Waals surface area contributed by atoms with Gasteiger partial charge in [0.25, 0.3) is 5.24 Å². The summed E-state index contributed by atoms with van der Waals surface area (Å²) < 4.78 is 3.85. The maximum atomic E-state index is 11.2. The zero-order valence-electron chi connectivity index (χ0n) is 9.08. The van der Waals surface area contributed by atoms with Crippen LogP contribution in [0, 0.1) is 0 Å². The molecule has 0 amide bonds. The fourth-order valence-corrected chi connectivity index (χ4v) is 1.86. The predicted molar refractivity (Wildman–Crippen MR) is 72.2 cm³/mol. The van der Waals surface area contributed by atoms with Gasteiger partial charge >= 0.3 is 0 Å². The fraction of sp³-hybridized carbons (Fsp3) is 0.333. The van der Waals surface area contributed by atoms with Crippen LogP contribution in [0.5, 0.6) is 0 Å². The zero-order valence-corrected chi connectivity index (χ0v) is 11.5. The number of halogens is 2. The van der Waals surface area contributed by atoms with Crippen molar-refractivity contribution in [3.63, 3.8) is 0 Å². The summed E-state index contributed by atoms with van der Waals surface area (Å²) in [4.78, 5) is 20.2. The smallest absolute Gasteiger partial charge is 0.278 e. The molecule has 0 aliphatic heterocycles. The van der Waals surface area contributed by atoms with Gasteiger partial charge in [-0.15, -0.1) is 12.4 Å². The van der Waals surface area contributed by atoms with Crippen LogP contribution in [-0.4, -0.2) is 26.4 Å². The number of carbonyl (C=O) groups excluding carboxylic acids is 1. The third-order valence-corrected chi connectivity index (χ3v) is 2.81.